The number of ketones is 3. The molecule has 0 radical (unpaired) electrons. The zero-order valence-electron chi connectivity index (χ0n) is 74.8. The average molecular weight is 2030 g/mol. The first-order valence-corrected chi connectivity index (χ1v) is 56.2. The van der Waals surface area contributed by atoms with E-state index in [1.54, 1.807) is 261 Å². The van der Waals surface area contributed by atoms with Crippen LogP contribution in [0.4, 0.5) is 4.39 Å². The third kappa shape index (κ3) is 20.4. The molecule has 0 bridgehead atoms. The number of aryl methyl sites for hydroxylation is 6. The molecule has 12 aromatic carbocycles. The van der Waals surface area contributed by atoms with E-state index in [-0.39, 0.29) is 110 Å². The van der Waals surface area contributed by atoms with Gasteiger partial charge in [0.25, 0.3) is 0 Å². The Morgan fingerprint density at radius 3 is 0.733 bits per heavy atom. The summed E-state index contributed by atoms with van der Waals surface area (Å²) in [5.41, 5.74) is 9.30. The molecule has 6 fully saturated rings. The van der Waals surface area contributed by atoms with Gasteiger partial charge in [-0.1, -0.05) is 243 Å². The SMILES string of the molecule is Cc1ccc(S(=O)(=O)C2C[C@H]3C(=O)C[C@@H](c4ccc(Cl)cc4)C(S(=O)(=O)c4ccc(C)cc4)[C@H]3C[C@H]2c2ccc(Cl)cc2)cc1.Cc1ccc(S(=O)(=O)C2C[C@H]3C(=O)C[C@@H](c4ccc(Cl)cc4)C(S(=O)(=O)c4ccc(C)cc4)[C@H]3C[C@H]2c2cccc(Cl)c2)cc1.Cc1ccc(S(=O)(=O)C2C[C@H]3C(=O)C[C@@H](c4ccccc4F)C(S(=O)(=O)c4ccc(C)cc4)[C@H]3C[C@H]2c2cccc(Cl)c2)cc1. The smallest absolute Gasteiger partial charge is 0.182 e. The highest BCUT2D eigenvalue weighted by Gasteiger charge is 2.61. The van der Waals surface area contributed by atoms with Crippen molar-refractivity contribution in [3.8, 4) is 0 Å². The largest absolute Gasteiger partial charge is 0.299 e. The molecule has 18 atom stereocenters. The number of Topliss-reactive ketones (excluding diaryl/α,β-unsaturated/α-hetero) is 3. The zero-order valence-corrected chi connectivity index (χ0v) is 83.5. The van der Waals surface area contributed by atoms with Crippen LogP contribution < -0.4 is 0 Å². The highest BCUT2D eigenvalue weighted by molar-refractivity contribution is 7.93. The molecule has 0 N–H and O–H groups in total. The quantitative estimate of drug-likeness (QED) is 0.0774. The predicted octanol–water partition coefficient (Wildman–Crippen LogP) is 24.0. The lowest BCUT2D eigenvalue weighted by Gasteiger charge is -2.48. The van der Waals surface area contributed by atoms with Crippen molar-refractivity contribution in [2.45, 2.75) is 196 Å². The molecule has 6 unspecified atom stereocenters. The summed E-state index contributed by atoms with van der Waals surface area (Å²) in [5.74, 6) is -9.25. The van der Waals surface area contributed by atoms with Gasteiger partial charge in [0.1, 0.15) is 23.2 Å². The maximum Gasteiger partial charge on any atom is 0.182 e. The number of carbonyl (C=O) groups excluding carboxylic acids is 3. The summed E-state index contributed by atoms with van der Waals surface area (Å²) >= 11 is 31.4. The molecule has 135 heavy (non-hydrogen) atoms. The number of fused-ring (bicyclic) bond motifs is 3. The fraction of sp³-hybridized carbons (Fsp3) is 0.306. The van der Waals surface area contributed by atoms with Gasteiger partial charge in [-0.05, 0) is 271 Å². The van der Waals surface area contributed by atoms with Gasteiger partial charge in [-0.15, -0.1) is 0 Å². The Morgan fingerprint density at radius 2 is 0.467 bits per heavy atom. The maximum atomic E-state index is 15.4. The molecule has 0 heterocycles. The summed E-state index contributed by atoms with van der Waals surface area (Å²) in [6.45, 7) is 11.3. The van der Waals surface area contributed by atoms with Crippen molar-refractivity contribution in [3.05, 3.63) is 389 Å². The van der Waals surface area contributed by atoms with Crippen LogP contribution in [0.2, 0.25) is 25.1 Å². The van der Waals surface area contributed by atoms with Crippen molar-refractivity contribution in [1.29, 1.82) is 0 Å². The van der Waals surface area contributed by atoms with Crippen LogP contribution in [-0.4, -0.2) is 99.4 Å². The monoisotopic (exact) mass is 2020 g/mol. The zero-order chi connectivity index (χ0) is 96.3. The molecular weight excluding hydrogens is 1930 g/mol. The summed E-state index contributed by atoms with van der Waals surface area (Å²) in [6.07, 6.45) is 0.356. The van der Waals surface area contributed by atoms with Crippen molar-refractivity contribution >= 4 is 134 Å². The lowest BCUT2D eigenvalue weighted by atomic mass is 9.61. The topological polar surface area (TPSA) is 256 Å². The number of carbonyl (C=O) groups is 3. The van der Waals surface area contributed by atoms with E-state index in [1.807, 2.05) is 59.7 Å². The van der Waals surface area contributed by atoms with Crippen molar-refractivity contribution in [1.82, 2.24) is 0 Å². The van der Waals surface area contributed by atoms with E-state index < -0.39 is 167 Å². The van der Waals surface area contributed by atoms with Gasteiger partial charge in [0.2, 0.25) is 0 Å². The lowest BCUT2D eigenvalue weighted by Crippen LogP contribution is -2.53. The van der Waals surface area contributed by atoms with Gasteiger partial charge >= 0.3 is 0 Å². The molecule has 15 nitrogen and oxygen atoms in total. The first kappa shape index (κ1) is 98.8. The highest BCUT2D eigenvalue weighted by atomic mass is 35.5. The molecule has 6 aliphatic carbocycles. The van der Waals surface area contributed by atoms with Crippen LogP contribution in [0, 0.1) is 82.9 Å². The van der Waals surface area contributed by atoms with Gasteiger partial charge in [-0.2, -0.15) is 0 Å². The Kier molecular flexibility index (Phi) is 29.2. The van der Waals surface area contributed by atoms with Gasteiger partial charge < -0.3 is 0 Å². The van der Waals surface area contributed by atoms with Crippen LogP contribution in [0.3, 0.4) is 0 Å². The second-order valence-corrected chi connectivity index (χ2v) is 52.3. The Morgan fingerprint density at radius 1 is 0.230 bits per heavy atom. The van der Waals surface area contributed by atoms with Crippen LogP contribution in [-0.2, 0) is 73.4 Å². The van der Waals surface area contributed by atoms with Crippen LogP contribution in [0.5, 0.6) is 0 Å². The number of hydrogen-bond acceptors (Lipinski definition) is 15. The van der Waals surface area contributed by atoms with Gasteiger partial charge in [0, 0.05) is 97.6 Å². The third-order valence-corrected chi connectivity index (χ3v) is 44.0. The summed E-state index contributed by atoms with van der Waals surface area (Å²) in [7, 11) is -23.8. The minimum atomic E-state index is -4.10. The number of halogens is 6. The lowest BCUT2D eigenvalue weighted by molar-refractivity contribution is -0.129. The molecule has 0 saturated heterocycles. The third-order valence-electron chi connectivity index (χ3n) is 29.0. The van der Waals surface area contributed by atoms with E-state index in [0.29, 0.717) is 36.2 Å². The van der Waals surface area contributed by atoms with Gasteiger partial charge in [-0.25, -0.2) is 54.9 Å². The Balaban J connectivity index is 0.000000147. The molecule has 6 aliphatic rings. The van der Waals surface area contributed by atoms with E-state index in [2.05, 4.69) is 0 Å². The fourth-order valence-corrected chi connectivity index (χ4v) is 35.9. The second-order valence-electron chi connectivity index (χ2n) is 37.3. The number of hydrogen-bond donors (Lipinski definition) is 0. The molecule has 12 aromatic rings. The Labute approximate surface area is 816 Å². The van der Waals surface area contributed by atoms with E-state index in [0.717, 1.165) is 50.1 Å². The summed E-state index contributed by atoms with van der Waals surface area (Å²) in [5, 5.41) is -3.45. The van der Waals surface area contributed by atoms with Gasteiger partial charge in [0.05, 0.1) is 60.9 Å². The molecule has 0 aliphatic heterocycles. The summed E-state index contributed by atoms with van der Waals surface area (Å²) in [6, 6.07) is 81.4. The average Bonchev–Trinajstić information content (AvgIpc) is 0.722. The van der Waals surface area contributed by atoms with Crippen LogP contribution in [0.1, 0.15) is 160 Å². The standard InChI is InChI=1S/2C36H34Cl2O5S2.C36H34ClFO5S2/c1-22-3-15-28(16-4-22)44(40,41)35-21-32-33(19-30(35)24-7-11-26(37)12-8-24)36(45(42,43)29-17-5-23(2)6-18-29)31(20-34(32)39)25-9-13-27(38)14-10-25;1-22-6-14-28(15-7-22)44(40,41)35-21-32-33(19-30(35)25-4-3-5-27(38)18-25)36(45(42,43)29-16-8-23(2)9-17-29)31(20-34(32)39)24-10-12-26(37)13-11-24;1-22-10-14-26(15-11-22)44(40,41)35-21-30-31(19-29(35)24-6-5-7-25(37)18-24)36(45(42,43)27-16-12-23(2)13-17-27)32(20-34(30)39)28-8-3-4-9-33(28)38/h2*3-18,30-33,35-36H,19-21H2,1-2H3;3-18,29-32,35-36H,19-21H2,1-2H3/t2*30-,31-,32+,33-,35?,36?;29-,30+,31-,32-,35?,36?/m000/s1. The molecule has 27 heteroatoms. The second kappa shape index (κ2) is 39.9. The van der Waals surface area contributed by atoms with Gasteiger partial charge in [0.15, 0.2) is 59.0 Å². The minimum Gasteiger partial charge on any atom is -0.299 e. The van der Waals surface area contributed by atoms with E-state index >= 15 is 4.39 Å². The maximum absolute atomic E-state index is 15.4. The number of benzene rings is 12. The molecular formula is C108H102Cl5FO15S6. The molecule has 702 valence electrons. The predicted molar refractivity (Wildman–Crippen MR) is 531 cm³/mol. The highest BCUT2D eigenvalue weighted by Crippen LogP contribution is 2.59. The van der Waals surface area contributed by atoms with Crippen LogP contribution in [0.25, 0.3) is 0 Å². The molecule has 0 aromatic heterocycles. The molecule has 18 rings (SSSR count). The van der Waals surface area contributed by atoms with E-state index in [4.69, 9.17) is 58.0 Å². The van der Waals surface area contributed by atoms with Crippen molar-refractivity contribution in [2.24, 2.45) is 35.5 Å². The minimum absolute atomic E-state index is 0.00146. The molecule has 0 spiro atoms. The number of rotatable bonds is 18. The normalized spacial score (nSPS) is 25.5. The fourth-order valence-electron chi connectivity index (χ4n) is 22.2. The Hall–Kier alpha value is -9.27. The Bertz CT molecular complexity index is 7190. The molecule has 6 saturated carbocycles. The van der Waals surface area contributed by atoms with Crippen molar-refractivity contribution in [2.75, 3.05) is 0 Å². The van der Waals surface area contributed by atoms with Crippen molar-refractivity contribution in [3.63, 3.8) is 0 Å². The van der Waals surface area contributed by atoms with Crippen LogP contribution in [0.15, 0.2) is 321 Å². The van der Waals surface area contributed by atoms with Crippen molar-refractivity contribution < 1.29 is 69.3 Å². The first-order valence-electron chi connectivity index (χ1n) is 45.0. The molecule has 0 amide bonds. The van der Waals surface area contributed by atoms with Crippen LogP contribution >= 0.6 is 58.0 Å². The first-order chi connectivity index (χ1) is 64.1. The van der Waals surface area contributed by atoms with E-state index in [9.17, 15) is 64.9 Å². The summed E-state index contributed by atoms with van der Waals surface area (Å²) < 4.78 is 189. The summed E-state index contributed by atoms with van der Waals surface area (Å²) in [4.78, 5) is 43.1. The number of sulfone groups is 6. The van der Waals surface area contributed by atoms with Gasteiger partial charge in [-0.3, -0.25) is 14.4 Å². The van der Waals surface area contributed by atoms with E-state index in [1.165, 1.54) is 12.1 Å².